The molecular weight excluding hydrogens is 457 g/mol. The van der Waals surface area contributed by atoms with Crippen molar-refractivity contribution in [2.24, 2.45) is 0 Å². The fourth-order valence-electron chi connectivity index (χ4n) is 2.82. The molecule has 1 heterocycles. The van der Waals surface area contributed by atoms with Gasteiger partial charge >= 0.3 is 0 Å². The first kappa shape index (κ1) is 23.1. The average Bonchev–Trinajstić information content (AvgIpc) is 3.15. The summed E-state index contributed by atoms with van der Waals surface area (Å²) in [5.74, 6) is 0.386. The average molecular weight is 478 g/mol. The van der Waals surface area contributed by atoms with Crippen LogP contribution in [0.2, 0.25) is 10.0 Å². The molecule has 0 aliphatic heterocycles. The SMILES string of the molecule is CCn1c(CNC(=O)c2cccc(C)c2)nnc1SCC(=O)Nc1ccc(Cl)c(Cl)c1. The van der Waals surface area contributed by atoms with Crippen molar-refractivity contribution in [3.8, 4) is 0 Å². The summed E-state index contributed by atoms with van der Waals surface area (Å²) in [5, 5.41) is 15.4. The van der Waals surface area contributed by atoms with Gasteiger partial charge in [-0.05, 0) is 44.2 Å². The molecular formula is C21H21Cl2N5O2S. The second-order valence-electron chi connectivity index (χ2n) is 6.66. The summed E-state index contributed by atoms with van der Waals surface area (Å²) < 4.78 is 1.87. The molecule has 0 atom stereocenters. The van der Waals surface area contributed by atoms with Crippen molar-refractivity contribution in [2.45, 2.75) is 32.1 Å². The predicted molar refractivity (Wildman–Crippen MR) is 124 cm³/mol. The van der Waals surface area contributed by atoms with Gasteiger partial charge in [-0.25, -0.2) is 0 Å². The van der Waals surface area contributed by atoms with Gasteiger partial charge in [0.2, 0.25) is 5.91 Å². The van der Waals surface area contributed by atoms with Crippen molar-refractivity contribution in [3.63, 3.8) is 0 Å². The number of nitrogens with one attached hydrogen (secondary N) is 2. The Kier molecular flexibility index (Phi) is 7.95. The minimum atomic E-state index is -0.205. The van der Waals surface area contributed by atoms with E-state index in [1.807, 2.05) is 36.6 Å². The summed E-state index contributed by atoms with van der Waals surface area (Å²) >= 11 is 13.1. The Hall–Kier alpha value is -2.55. The van der Waals surface area contributed by atoms with Crippen molar-refractivity contribution in [1.29, 1.82) is 0 Å². The molecule has 0 radical (unpaired) electrons. The highest BCUT2D eigenvalue weighted by Gasteiger charge is 2.15. The van der Waals surface area contributed by atoms with E-state index in [0.29, 0.717) is 38.8 Å². The molecule has 0 saturated heterocycles. The molecule has 2 N–H and O–H groups in total. The lowest BCUT2D eigenvalue weighted by atomic mass is 10.1. The fraction of sp³-hybridized carbons (Fsp3) is 0.238. The summed E-state index contributed by atoms with van der Waals surface area (Å²) in [6.45, 7) is 4.74. The van der Waals surface area contributed by atoms with Crippen LogP contribution in [0.4, 0.5) is 5.69 Å². The van der Waals surface area contributed by atoms with Crippen molar-refractivity contribution in [1.82, 2.24) is 20.1 Å². The van der Waals surface area contributed by atoms with Crippen LogP contribution >= 0.6 is 35.0 Å². The highest BCUT2D eigenvalue weighted by molar-refractivity contribution is 7.99. The third kappa shape index (κ3) is 6.22. The molecule has 10 heteroatoms. The number of halogens is 2. The maximum absolute atomic E-state index is 12.4. The van der Waals surface area contributed by atoms with E-state index in [-0.39, 0.29) is 24.1 Å². The molecule has 3 aromatic rings. The van der Waals surface area contributed by atoms with Crippen molar-refractivity contribution < 1.29 is 9.59 Å². The topological polar surface area (TPSA) is 88.9 Å². The zero-order valence-corrected chi connectivity index (χ0v) is 19.3. The summed E-state index contributed by atoms with van der Waals surface area (Å²) in [4.78, 5) is 24.6. The molecule has 31 heavy (non-hydrogen) atoms. The lowest BCUT2D eigenvalue weighted by Gasteiger charge is -2.09. The molecule has 0 unspecified atom stereocenters. The molecule has 2 amide bonds. The Morgan fingerprint density at radius 1 is 1.10 bits per heavy atom. The second-order valence-corrected chi connectivity index (χ2v) is 8.42. The standard InChI is InChI=1S/C21H21Cl2N5O2S/c1-3-28-18(11-24-20(30)14-6-4-5-13(2)9-14)26-27-21(28)31-12-19(29)25-15-7-8-16(22)17(23)10-15/h4-10H,3,11-12H2,1-2H3,(H,24,30)(H,25,29). The third-order valence-electron chi connectivity index (χ3n) is 4.33. The zero-order chi connectivity index (χ0) is 22.4. The Balaban J connectivity index is 1.57. The Bertz CT molecular complexity index is 1100. The van der Waals surface area contributed by atoms with Gasteiger partial charge in [-0.1, -0.05) is 52.7 Å². The predicted octanol–water partition coefficient (Wildman–Crippen LogP) is 4.57. The van der Waals surface area contributed by atoms with Crippen molar-refractivity contribution in [3.05, 3.63) is 69.5 Å². The zero-order valence-electron chi connectivity index (χ0n) is 17.0. The van der Waals surface area contributed by atoms with Crippen LogP contribution in [0.5, 0.6) is 0 Å². The van der Waals surface area contributed by atoms with E-state index in [9.17, 15) is 9.59 Å². The van der Waals surface area contributed by atoms with E-state index in [1.54, 1.807) is 24.3 Å². The highest BCUT2D eigenvalue weighted by Crippen LogP contribution is 2.25. The molecule has 162 valence electrons. The molecule has 0 bridgehead atoms. The van der Waals surface area contributed by atoms with Gasteiger partial charge in [0.15, 0.2) is 11.0 Å². The lowest BCUT2D eigenvalue weighted by molar-refractivity contribution is -0.113. The largest absolute Gasteiger partial charge is 0.345 e. The highest BCUT2D eigenvalue weighted by atomic mass is 35.5. The number of amides is 2. The molecule has 3 rings (SSSR count). The number of aromatic nitrogens is 3. The smallest absolute Gasteiger partial charge is 0.251 e. The van der Waals surface area contributed by atoms with E-state index in [2.05, 4.69) is 20.8 Å². The fourth-order valence-corrected chi connectivity index (χ4v) is 3.94. The van der Waals surface area contributed by atoms with E-state index in [0.717, 1.165) is 5.56 Å². The van der Waals surface area contributed by atoms with Crippen LogP contribution < -0.4 is 10.6 Å². The Labute approximate surface area is 194 Å². The Morgan fingerprint density at radius 2 is 1.90 bits per heavy atom. The number of hydrogen-bond donors (Lipinski definition) is 2. The van der Waals surface area contributed by atoms with Crippen molar-refractivity contribution in [2.75, 3.05) is 11.1 Å². The minimum absolute atomic E-state index is 0.147. The molecule has 1 aromatic heterocycles. The lowest BCUT2D eigenvalue weighted by Crippen LogP contribution is -2.25. The summed E-state index contributed by atoms with van der Waals surface area (Å²) in [7, 11) is 0. The van der Waals surface area contributed by atoms with E-state index in [1.165, 1.54) is 11.8 Å². The molecule has 0 aliphatic rings. The van der Waals surface area contributed by atoms with Gasteiger partial charge in [0.25, 0.3) is 5.91 Å². The van der Waals surface area contributed by atoms with Crippen LogP contribution in [0.1, 0.15) is 28.7 Å². The quantitative estimate of drug-likeness (QED) is 0.463. The Morgan fingerprint density at radius 3 is 2.61 bits per heavy atom. The van der Waals surface area contributed by atoms with E-state index < -0.39 is 0 Å². The summed E-state index contributed by atoms with van der Waals surface area (Å²) in [6.07, 6.45) is 0. The van der Waals surface area contributed by atoms with Gasteiger partial charge in [0, 0.05) is 17.8 Å². The van der Waals surface area contributed by atoms with Crippen LogP contribution in [-0.4, -0.2) is 32.3 Å². The normalized spacial score (nSPS) is 10.7. The van der Waals surface area contributed by atoms with Crippen LogP contribution in [0.3, 0.4) is 0 Å². The third-order valence-corrected chi connectivity index (χ3v) is 6.04. The summed E-state index contributed by atoms with van der Waals surface area (Å²) in [6, 6.07) is 12.3. The van der Waals surface area contributed by atoms with E-state index >= 15 is 0 Å². The molecule has 0 spiro atoms. The number of anilines is 1. The van der Waals surface area contributed by atoms with Gasteiger partial charge in [-0.15, -0.1) is 10.2 Å². The number of nitrogens with zero attached hydrogens (tertiary/aromatic N) is 3. The first-order chi connectivity index (χ1) is 14.9. The van der Waals surface area contributed by atoms with Gasteiger partial charge in [-0.3, -0.25) is 9.59 Å². The minimum Gasteiger partial charge on any atom is -0.345 e. The van der Waals surface area contributed by atoms with Gasteiger partial charge < -0.3 is 15.2 Å². The molecule has 7 nitrogen and oxygen atoms in total. The van der Waals surface area contributed by atoms with Gasteiger partial charge in [-0.2, -0.15) is 0 Å². The molecule has 0 saturated carbocycles. The van der Waals surface area contributed by atoms with Crippen LogP contribution in [-0.2, 0) is 17.9 Å². The first-order valence-corrected chi connectivity index (χ1v) is 11.3. The number of benzene rings is 2. The monoisotopic (exact) mass is 477 g/mol. The second kappa shape index (κ2) is 10.7. The molecule has 0 aliphatic carbocycles. The molecule has 0 fully saturated rings. The van der Waals surface area contributed by atoms with Gasteiger partial charge in [0.05, 0.1) is 22.3 Å². The van der Waals surface area contributed by atoms with E-state index in [4.69, 9.17) is 23.2 Å². The number of rotatable bonds is 8. The molecule has 2 aromatic carbocycles. The van der Waals surface area contributed by atoms with Crippen LogP contribution in [0, 0.1) is 6.92 Å². The summed E-state index contributed by atoms with van der Waals surface area (Å²) in [5.41, 5.74) is 2.18. The van der Waals surface area contributed by atoms with Crippen LogP contribution in [0.25, 0.3) is 0 Å². The number of thioether (sulfide) groups is 1. The maximum Gasteiger partial charge on any atom is 0.251 e. The van der Waals surface area contributed by atoms with Crippen molar-refractivity contribution >= 4 is 52.5 Å². The number of carbonyl (C=O) groups is 2. The van der Waals surface area contributed by atoms with Crippen LogP contribution in [0.15, 0.2) is 47.6 Å². The van der Waals surface area contributed by atoms with Gasteiger partial charge in [0.1, 0.15) is 0 Å². The first-order valence-electron chi connectivity index (χ1n) is 9.52. The number of aryl methyl sites for hydroxylation is 1. The number of carbonyl (C=O) groups excluding carboxylic acids is 2. The number of hydrogen-bond acceptors (Lipinski definition) is 5. The maximum atomic E-state index is 12.4.